The summed E-state index contributed by atoms with van der Waals surface area (Å²) < 4.78 is 0. The molecule has 0 aliphatic carbocycles. The number of para-hydroxylation sites is 1. The summed E-state index contributed by atoms with van der Waals surface area (Å²) in [5, 5.41) is 11.1. The summed E-state index contributed by atoms with van der Waals surface area (Å²) in [5.74, 6) is 0.262. The largest absolute Gasteiger partial charge is 0.506 e. The Kier molecular flexibility index (Phi) is 4.05. The van der Waals surface area contributed by atoms with Crippen LogP contribution in [0, 0.1) is 0 Å². The van der Waals surface area contributed by atoms with Gasteiger partial charge in [0, 0.05) is 22.8 Å². The Balaban J connectivity index is 1.47. The Bertz CT molecular complexity index is 827. The molecule has 0 amide bonds. The lowest BCUT2D eigenvalue weighted by Crippen LogP contribution is -3.13. The molecule has 2 heterocycles. The molecule has 4 nitrogen and oxygen atoms in total. The number of rotatable bonds is 3. The van der Waals surface area contributed by atoms with E-state index in [1.54, 1.807) is 17.2 Å². The number of aromatic hydroxyl groups is 1. The van der Waals surface area contributed by atoms with Gasteiger partial charge in [0.1, 0.15) is 17.8 Å². The first-order chi connectivity index (χ1) is 11.8. The van der Waals surface area contributed by atoms with Gasteiger partial charge in [0.25, 0.3) is 0 Å². The first-order valence-electron chi connectivity index (χ1n) is 8.50. The Morgan fingerprint density at radius 3 is 2.54 bits per heavy atom. The minimum absolute atomic E-state index is 0.262. The topological polar surface area (TPSA) is 40.8 Å². The fourth-order valence-corrected chi connectivity index (χ4v) is 3.54. The summed E-state index contributed by atoms with van der Waals surface area (Å²) in [6.45, 7) is 5.38. The van der Waals surface area contributed by atoms with E-state index in [1.165, 1.54) is 11.3 Å². The number of hydrogen-bond donors (Lipinski definition) is 2. The van der Waals surface area contributed by atoms with Crippen molar-refractivity contribution < 1.29 is 10.0 Å². The number of phenolic OH excluding ortho intramolecular Hbond substituents is 1. The van der Waals surface area contributed by atoms with Crippen molar-refractivity contribution in [2.24, 2.45) is 0 Å². The quantitative estimate of drug-likeness (QED) is 0.774. The van der Waals surface area contributed by atoms with Crippen molar-refractivity contribution in [1.82, 2.24) is 4.98 Å². The number of benzene rings is 2. The average molecular weight is 320 g/mol. The van der Waals surface area contributed by atoms with Crippen molar-refractivity contribution in [1.29, 1.82) is 0 Å². The molecule has 2 aromatic carbocycles. The molecular formula is C20H22N3O+. The van der Waals surface area contributed by atoms with E-state index in [9.17, 15) is 5.11 Å². The minimum Gasteiger partial charge on any atom is -0.506 e. The molecule has 0 atom stereocenters. The molecule has 1 saturated heterocycles. The van der Waals surface area contributed by atoms with Crippen LogP contribution in [-0.2, 0) is 6.54 Å². The molecule has 0 saturated carbocycles. The lowest BCUT2D eigenvalue weighted by Gasteiger charge is -2.33. The van der Waals surface area contributed by atoms with E-state index in [0.717, 1.165) is 38.1 Å². The van der Waals surface area contributed by atoms with Crippen LogP contribution in [0.25, 0.3) is 10.9 Å². The van der Waals surface area contributed by atoms with E-state index < -0.39 is 0 Å². The zero-order valence-electron chi connectivity index (χ0n) is 13.7. The van der Waals surface area contributed by atoms with Crippen LogP contribution in [-0.4, -0.2) is 36.3 Å². The third-order valence-corrected chi connectivity index (χ3v) is 4.87. The molecule has 1 aromatic heterocycles. The highest BCUT2D eigenvalue weighted by Gasteiger charge is 2.21. The van der Waals surface area contributed by atoms with Crippen LogP contribution in [0.4, 0.5) is 5.69 Å². The normalized spacial score (nSPS) is 15.8. The summed E-state index contributed by atoms with van der Waals surface area (Å²) in [7, 11) is 0. The molecule has 0 spiro atoms. The van der Waals surface area contributed by atoms with Crippen molar-refractivity contribution in [3.05, 3.63) is 66.4 Å². The number of aromatic nitrogens is 1. The van der Waals surface area contributed by atoms with E-state index in [2.05, 4.69) is 46.3 Å². The second kappa shape index (κ2) is 6.49. The number of pyridine rings is 1. The third kappa shape index (κ3) is 2.93. The standard InChI is InChI=1S/C20H21N3O/c24-19-9-8-16(18-7-4-10-21-20(18)19)15-22-11-13-23(14-12-22)17-5-2-1-3-6-17/h1-10,24H,11-15H2/p+1. The maximum atomic E-state index is 9.99. The highest BCUT2D eigenvalue weighted by atomic mass is 16.3. The fraction of sp³-hybridized carbons (Fsp3) is 0.250. The Labute approximate surface area is 142 Å². The van der Waals surface area contributed by atoms with Crippen molar-refractivity contribution in [3.63, 3.8) is 0 Å². The summed E-state index contributed by atoms with van der Waals surface area (Å²) in [4.78, 5) is 8.36. The summed E-state index contributed by atoms with van der Waals surface area (Å²) in [6.07, 6.45) is 1.73. The Hall–Kier alpha value is -2.59. The fourth-order valence-electron chi connectivity index (χ4n) is 3.54. The smallest absolute Gasteiger partial charge is 0.141 e. The van der Waals surface area contributed by atoms with Crippen LogP contribution in [0.3, 0.4) is 0 Å². The van der Waals surface area contributed by atoms with Gasteiger partial charge < -0.3 is 14.9 Å². The van der Waals surface area contributed by atoms with Gasteiger partial charge in [-0.2, -0.15) is 0 Å². The molecule has 4 rings (SSSR count). The second-order valence-corrected chi connectivity index (χ2v) is 6.39. The van der Waals surface area contributed by atoms with E-state index in [1.807, 2.05) is 12.1 Å². The number of fused-ring (bicyclic) bond motifs is 1. The number of nitrogens with zero attached hydrogens (tertiary/aromatic N) is 2. The number of piperazine rings is 1. The summed E-state index contributed by atoms with van der Waals surface area (Å²) >= 11 is 0. The molecule has 0 unspecified atom stereocenters. The van der Waals surface area contributed by atoms with E-state index in [4.69, 9.17) is 0 Å². The van der Waals surface area contributed by atoms with Crippen LogP contribution in [0.2, 0.25) is 0 Å². The molecular weight excluding hydrogens is 298 g/mol. The van der Waals surface area contributed by atoms with Gasteiger partial charge in [-0.05, 0) is 30.3 Å². The lowest BCUT2D eigenvalue weighted by atomic mass is 10.1. The number of nitrogens with one attached hydrogen (secondary N) is 1. The third-order valence-electron chi connectivity index (χ3n) is 4.87. The van der Waals surface area contributed by atoms with Crippen LogP contribution in [0.5, 0.6) is 5.75 Å². The second-order valence-electron chi connectivity index (χ2n) is 6.39. The van der Waals surface area contributed by atoms with E-state index in [0.29, 0.717) is 5.52 Å². The Morgan fingerprint density at radius 1 is 0.958 bits per heavy atom. The monoisotopic (exact) mass is 320 g/mol. The van der Waals surface area contributed by atoms with Crippen molar-refractivity contribution >= 4 is 16.6 Å². The van der Waals surface area contributed by atoms with Crippen molar-refractivity contribution in [2.45, 2.75) is 6.54 Å². The van der Waals surface area contributed by atoms with Crippen molar-refractivity contribution in [3.8, 4) is 5.75 Å². The van der Waals surface area contributed by atoms with Gasteiger partial charge >= 0.3 is 0 Å². The lowest BCUT2D eigenvalue weighted by molar-refractivity contribution is -0.914. The molecule has 1 fully saturated rings. The van der Waals surface area contributed by atoms with Crippen LogP contribution in [0.15, 0.2) is 60.8 Å². The molecule has 24 heavy (non-hydrogen) atoms. The molecule has 0 bridgehead atoms. The summed E-state index contributed by atoms with van der Waals surface area (Å²) in [6, 6.07) is 18.4. The first kappa shape index (κ1) is 15.0. The minimum atomic E-state index is 0.262. The molecule has 4 heteroatoms. The zero-order chi connectivity index (χ0) is 16.4. The van der Waals surface area contributed by atoms with Gasteiger partial charge in [-0.15, -0.1) is 0 Å². The number of quaternary nitrogens is 1. The summed E-state index contributed by atoms with van der Waals surface area (Å²) in [5.41, 5.74) is 3.28. The van der Waals surface area contributed by atoms with Gasteiger partial charge in [-0.25, -0.2) is 0 Å². The van der Waals surface area contributed by atoms with Gasteiger partial charge in [0.05, 0.1) is 26.2 Å². The number of anilines is 1. The van der Waals surface area contributed by atoms with Crippen LogP contribution >= 0.6 is 0 Å². The predicted molar refractivity (Wildman–Crippen MR) is 96.5 cm³/mol. The molecule has 0 radical (unpaired) electrons. The SMILES string of the molecule is Oc1ccc(C[NH+]2CCN(c3ccccc3)CC2)c2cccnc12. The van der Waals surface area contributed by atoms with Gasteiger partial charge in [-0.3, -0.25) is 4.98 Å². The molecule has 1 aliphatic heterocycles. The first-order valence-corrected chi connectivity index (χ1v) is 8.50. The van der Waals surface area contributed by atoms with E-state index in [-0.39, 0.29) is 5.75 Å². The van der Waals surface area contributed by atoms with Crippen LogP contribution < -0.4 is 9.80 Å². The maximum absolute atomic E-state index is 9.99. The molecule has 2 N–H and O–H groups in total. The number of phenols is 1. The van der Waals surface area contributed by atoms with E-state index >= 15 is 0 Å². The van der Waals surface area contributed by atoms with Gasteiger partial charge in [-0.1, -0.05) is 24.3 Å². The predicted octanol–water partition coefficient (Wildman–Crippen LogP) is 1.85. The van der Waals surface area contributed by atoms with Crippen LogP contribution in [0.1, 0.15) is 5.56 Å². The average Bonchev–Trinajstić information content (AvgIpc) is 2.66. The molecule has 3 aromatic rings. The van der Waals surface area contributed by atoms with Crippen molar-refractivity contribution in [2.75, 3.05) is 31.1 Å². The van der Waals surface area contributed by atoms with Gasteiger partial charge in [0.2, 0.25) is 0 Å². The highest BCUT2D eigenvalue weighted by Crippen LogP contribution is 2.25. The maximum Gasteiger partial charge on any atom is 0.141 e. The Morgan fingerprint density at radius 2 is 1.75 bits per heavy atom. The van der Waals surface area contributed by atoms with Gasteiger partial charge in [0.15, 0.2) is 0 Å². The highest BCUT2D eigenvalue weighted by molar-refractivity contribution is 5.86. The molecule has 122 valence electrons. The zero-order valence-corrected chi connectivity index (χ0v) is 13.7. The molecule has 1 aliphatic rings. The number of hydrogen-bond acceptors (Lipinski definition) is 3.